The number of nitrogens with zero attached hydrogens (tertiary/aromatic N) is 2. The van der Waals surface area contributed by atoms with Crippen LogP contribution in [0.15, 0.2) is 47.4 Å². The summed E-state index contributed by atoms with van der Waals surface area (Å²) in [5.41, 5.74) is 7.51. The summed E-state index contributed by atoms with van der Waals surface area (Å²) in [6.45, 7) is 2.95. The van der Waals surface area contributed by atoms with Crippen molar-refractivity contribution in [3.05, 3.63) is 63.2 Å². The Kier molecular flexibility index (Phi) is 7.30. The van der Waals surface area contributed by atoms with E-state index in [1.54, 1.807) is 0 Å². The van der Waals surface area contributed by atoms with Crippen LogP contribution in [0.5, 0.6) is 0 Å². The van der Waals surface area contributed by atoms with Crippen LogP contribution in [0.4, 0.5) is 11.4 Å². The number of hydrogen-bond acceptors (Lipinski definition) is 6. The molecule has 0 aliphatic carbocycles. The molecule has 8 nitrogen and oxygen atoms in total. The summed E-state index contributed by atoms with van der Waals surface area (Å²) < 4.78 is 27.3. The SMILES string of the molecule is Nc1cccc(C2CCN(CCCNS(=O)(=O)c3ccc(Cl)c([N+](=O)[O-])c3)CC2)c1. The molecule has 3 N–H and O–H groups in total. The first-order valence-corrected chi connectivity index (χ1v) is 11.6. The fraction of sp³-hybridized carbons (Fsp3) is 0.400. The average Bonchev–Trinajstić information content (AvgIpc) is 2.71. The van der Waals surface area contributed by atoms with Gasteiger partial charge in [-0.25, -0.2) is 13.1 Å². The molecule has 0 aromatic heterocycles. The van der Waals surface area contributed by atoms with E-state index >= 15 is 0 Å². The molecular weight excluding hydrogens is 428 g/mol. The van der Waals surface area contributed by atoms with E-state index in [1.165, 1.54) is 17.7 Å². The normalized spacial score (nSPS) is 15.9. The lowest BCUT2D eigenvalue weighted by Crippen LogP contribution is -2.35. The predicted octanol–water partition coefficient (Wildman–Crippen LogP) is 3.38. The number of halogens is 1. The van der Waals surface area contributed by atoms with Gasteiger partial charge in [-0.15, -0.1) is 0 Å². The molecule has 162 valence electrons. The number of likely N-dealkylation sites (tertiary alicyclic amines) is 1. The number of nitro groups is 1. The molecule has 2 aromatic carbocycles. The second-order valence-corrected chi connectivity index (χ2v) is 9.58. The zero-order valence-electron chi connectivity index (χ0n) is 16.5. The monoisotopic (exact) mass is 452 g/mol. The zero-order valence-corrected chi connectivity index (χ0v) is 18.0. The van der Waals surface area contributed by atoms with Gasteiger partial charge in [-0.1, -0.05) is 23.7 Å². The lowest BCUT2D eigenvalue weighted by molar-refractivity contribution is -0.384. The molecule has 0 saturated carbocycles. The van der Waals surface area contributed by atoms with Gasteiger partial charge in [0.2, 0.25) is 10.0 Å². The summed E-state index contributed by atoms with van der Waals surface area (Å²) >= 11 is 5.74. The number of benzene rings is 2. The number of nitrogen functional groups attached to an aromatic ring is 1. The van der Waals surface area contributed by atoms with Crippen molar-refractivity contribution in [1.29, 1.82) is 0 Å². The van der Waals surface area contributed by atoms with Crippen LogP contribution in [0.1, 0.15) is 30.7 Å². The molecule has 0 spiro atoms. The first-order valence-electron chi connectivity index (χ1n) is 9.77. The molecule has 1 heterocycles. The highest BCUT2D eigenvalue weighted by atomic mass is 35.5. The maximum atomic E-state index is 12.4. The van der Waals surface area contributed by atoms with Crippen molar-refractivity contribution in [2.24, 2.45) is 0 Å². The third-order valence-corrected chi connectivity index (χ3v) is 7.12. The molecule has 1 aliphatic heterocycles. The first kappa shape index (κ1) is 22.5. The molecule has 0 bridgehead atoms. The summed E-state index contributed by atoms with van der Waals surface area (Å²) in [5.74, 6) is 0.504. The first-order chi connectivity index (χ1) is 14.3. The second kappa shape index (κ2) is 9.74. The molecular formula is C20H25ClN4O4S. The van der Waals surface area contributed by atoms with Crippen molar-refractivity contribution in [2.75, 3.05) is 31.9 Å². The molecule has 1 aliphatic rings. The van der Waals surface area contributed by atoms with Crippen LogP contribution in [0.3, 0.4) is 0 Å². The lowest BCUT2D eigenvalue weighted by atomic mass is 9.89. The van der Waals surface area contributed by atoms with E-state index in [2.05, 4.69) is 15.7 Å². The number of sulfonamides is 1. The lowest BCUT2D eigenvalue weighted by Gasteiger charge is -2.32. The highest BCUT2D eigenvalue weighted by Gasteiger charge is 2.22. The number of anilines is 1. The van der Waals surface area contributed by atoms with Gasteiger partial charge >= 0.3 is 0 Å². The Labute approximate surface area is 181 Å². The molecule has 0 unspecified atom stereocenters. The van der Waals surface area contributed by atoms with Crippen LogP contribution < -0.4 is 10.5 Å². The Morgan fingerprint density at radius 3 is 2.60 bits per heavy atom. The van der Waals surface area contributed by atoms with E-state index in [-0.39, 0.29) is 16.5 Å². The Hall–Kier alpha value is -2.20. The minimum Gasteiger partial charge on any atom is -0.399 e. The summed E-state index contributed by atoms with van der Waals surface area (Å²) in [7, 11) is -3.83. The van der Waals surface area contributed by atoms with Gasteiger partial charge in [0.15, 0.2) is 0 Å². The van der Waals surface area contributed by atoms with Crippen LogP contribution in [0.2, 0.25) is 5.02 Å². The highest BCUT2D eigenvalue weighted by Crippen LogP contribution is 2.29. The van der Waals surface area contributed by atoms with Gasteiger partial charge < -0.3 is 10.6 Å². The Morgan fingerprint density at radius 2 is 1.93 bits per heavy atom. The van der Waals surface area contributed by atoms with E-state index in [1.807, 2.05) is 18.2 Å². The summed E-state index contributed by atoms with van der Waals surface area (Å²) in [5, 5.41) is 10.9. The molecule has 1 saturated heterocycles. The van der Waals surface area contributed by atoms with Gasteiger partial charge in [0.1, 0.15) is 5.02 Å². The quantitative estimate of drug-likeness (QED) is 0.274. The summed E-state index contributed by atoms with van der Waals surface area (Å²) in [6, 6.07) is 11.5. The number of nitrogens with two attached hydrogens (primary N) is 1. The van der Waals surface area contributed by atoms with Crippen LogP contribution in [-0.2, 0) is 10.0 Å². The fourth-order valence-corrected chi connectivity index (χ4v) is 4.98. The van der Waals surface area contributed by atoms with Gasteiger partial charge in [-0.05, 0) is 74.6 Å². The minimum atomic E-state index is -3.83. The molecule has 3 rings (SSSR count). The third kappa shape index (κ3) is 5.69. The summed E-state index contributed by atoms with van der Waals surface area (Å²) in [6.07, 6.45) is 2.74. The average molecular weight is 453 g/mol. The molecule has 30 heavy (non-hydrogen) atoms. The molecule has 10 heteroatoms. The van der Waals surface area contributed by atoms with Crippen LogP contribution in [0, 0.1) is 10.1 Å². The smallest absolute Gasteiger partial charge is 0.289 e. The third-order valence-electron chi connectivity index (χ3n) is 5.34. The number of piperidine rings is 1. The van der Waals surface area contributed by atoms with Crippen molar-refractivity contribution in [3.8, 4) is 0 Å². The number of rotatable bonds is 8. The minimum absolute atomic E-state index is 0.0967. The second-order valence-electron chi connectivity index (χ2n) is 7.41. The largest absolute Gasteiger partial charge is 0.399 e. The number of nitro benzene ring substituents is 1. The van der Waals surface area contributed by atoms with E-state index in [0.717, 1.165) is 44.2 Å². The van der Waals surface area contributed by atoms with E-state index in [0.29, 0.717) is 12.3 Å². The van der Waals surface area contributed by atoms with Gasteiger partial charge in [0, 0.05) is 18.3 Å². The van der Waals surface area contributed by atoms with Crippen molar-refractivity contribution >= 4 is 33.0 Å². The molecule has 0 atom stereocenters. The number of nitrogens with one attached hydrogen (secondary N) is 1. The van der Waals surface area contributed by atoms with E-state index in [9.17, 15) is 18.5 Å². The van der Waals surface area contributed by atoms with Crippen LogP contribution >= 0.6 is 11.6 Å². The van der Waals surface area contributed by atoms with Crippen molar-refractivity contribution in [3.63, 3.8) is 0 Å². The standard InChI is InChI=1S/C20H25ClN4O4S/c21-19-6-5-18(14-20(19)25(26)27)30(28,29)23-9-2-10-24-11-7-15(8-12-24)16-3-1-4-17(22)13-16/h1,3-6,13-15,23H,2,7-12,22H2. The summed E-state index contributed by atoms with van der Waals surface area (Å²) in [4.78, 5) is 12.4. The van der Waals surface area contributed by atoms with Crippen LogP contribution in [0.25, 0.3) is 0 Å². The fourth-order valence-electron chi connectivity index (χ4n) is 3.69. The Bertz CT molecular complexity index is 1010. The zero-order chi connectivity index (χ0) is 21.7. The Balaban J connectivity index is 1.45. The predicted molar refractivity (Wildman–Crippen MR) is 117 cm³/mol. The van der Waals surface area contributed by atoms with Gasteiger partial charge in [0.05, 0.1) is 9.82 Å². The molecule has 0 radical (unpaired) electrons. The van der Waals surface area contributed by atoms with Crippen molar-refractivity contribution in [1.82, 2.24) is 9.62 Å². The van der Waals surface area contributed by atoms with Crippen molar-refractivity contribution in [2.45, 2.75) is 30.1 Å². The van der Waals surface area contributed by atoms with E-state index < -0.39 is 20.6 Å². The molecule has 1 fully saturated rings. The topological polar surface area (TPSA) is 119 Å². The maximum Gasteiger partial charge on any atom is 0.289 e. The van der Waals surface area contributed by atoms with Gasteiger partial charge in [-0.2, -0.15) is 0 Å². The molecule has 2 aromatic rings. The van der Waals surface area contributed by atoms with Crippen molar-refractivity contribution < 1.29 is 13.3 Å². The Morgan fingerprint density at radius 1 is 1.20 bits per heavy atom. The number of hydrogen-bond donors (Lipinski definition) is 2. The van der Waals surface area contributed by atoms with Crippen LogP contribution in [-0.4, -0.2) is 44.4 Å². The highest BCUT2D eigenvalue weighted by molar-refractivity contribution is 7.89. The van der Waals surface area contributed by atoms with Gasteiger partial charge in [0.25, 0.3) is 5.69 Å². The molecule has 0 amide bonds. The van der Waals surface area contributed by atoms with E-state index in [4.69, 9.17) is 17.3 Å². The maximum absolute atomic E-state index is 12.4. The van der Waals surface area contributed by atoms with Gasteiger partial charge in [-0.3, -0.25) is 10.1 Å².